The maximum absolute atomic E-state index is 12.4. The van der Waals surface area contributed by atoms with Crippen LogP contribution in [-0.4, -0.2) is 35.5 Å². The minimum Gasteiger partial charge on any atom is -0.492 e. The van der Waals surface area contributed by atoms with E-state index in [0.29, 0.717) is 42.8 Å². The highest BCUT2D eigenvalue weighted by Crippen LogP contribution is 2.27. The lowest BCUT2D eigenvalue weighted by Crippen LogP contribution is -2.35. The molecule has 6 nitrogen and oxygen atoms in total. The molecular weight excluding hydrogens is 356 g/mol. The van der Waals surface area contributed by atoms with Crippen LogP contribution in [-0.2, 0) is 11.3 Å². The Balaban J connectivity index is 1.43. The second-order valence-electron chi connectivity index (χ2n) is 6.27. The summed E-state index contributed by atoms with van der Waals surface area (Å²) in [5.74, 6) is 2.44. The molecule has 6 heteroatoms. The lowest BCUT2D eigenvalue weighted by Gasteiger charge is -2.19. The van der Waals surface area contributed by atoms with E-state index in [1.807, 2.05) is 60.7 Å². The molecule has 0 spiro atoms. The number of fused-ring (bicyclic) bond motifs is 1. The molecule has 3 aromatic rings. The molecule has 0 saturated carbocycles. The van der Waals surface area contributed by atoms with Crippen LogP contribution in [0.4, 0.5) is 0 Å². The van der Waals surface area contributed by atoms with Crippen molar-refractivity contribution >= 4 is 5.91 Å². The van der Waals surface area contributed by atoms with E-state index in [2.05, 4.69) is 4.98 Å². The second kappa shape index (κ2) is 8.43. The Morgan fingerprint density at radius 2 is 1.64 bits per heavy atom. The first kappa shape index (κ1) is 17.9. The third kappa shape index (κ3) is 4.40. The quantitative estimate of drug-likeness (QED) is 0.657. The van der Waals surface area contributed by atoms with Crippen molar-refractivity contribution in [3.05, 3.63) is 78.5 Å². The predicted octanol–water partition coefficient (Wildman–Crippen LogP) is 3.67. The van der Waals surface area contributed by atoms with Crippen LogP contribution in [0.2, 0.25) is 0 Å². The third-order valence-corrected chi connectivity index (χ3v) is 4.29. The van der Waals surface area contributed by atoms with Gasteiger partial charge in [0.05, 0.1) is 13.1 Å². The fraction of sp³-hybridized carbons (Fsp3) is 0.182. The zero-order valence-corrected chi connectivity index (χ0v) is 15.3. The van der Waals surface area contributed by atoms with Gasteiger partial charge in [0.15, 0.2) is 6.61 Å². The minimum absolute atomic E-state index is 0.0150. The highest BCUT2D eigenvalue weighted by molar-refractivity contribution is 5.78. The van der Waals surface area contributed by atoms with Crippen LogP contribution in [0.15, 0.2) is 72.8 Å². The molecule has 1 aromatic heterocycles. The fourth-order valence-corrected chi connectivity index (χ4v) is 2.87. The molecule has 1 aliphatic rings. The second-order valence-corrected chi connectivity index (χ2v) is 6.27. The van der Waals surface area contributed by atoms with Gasteiger partial charge in [0.1, 0.15) is 29.5 Å². The van der Waals surface area contributed by atoms with Crippen molar-refractivity contribution in [2.24, 2.45) is 0 Å². The first-order valence-electron chi connectivity index (χ1n) is 9.09. The summed E-state index contributed by atoms with van der Waals surface area (Å²) in [7, 11) is 0. The summed E-state index contributed by atoms with van der Waals surface area (Å²) >= 11 is 0. The van der Waals surface area contributed by atoms with Crippen molar-refractivity contribution in [2.75, 3.05) is 19.8 Å². The van der Waals surface area contributed by atoms with Gasteiger partial charge in [-0.2, -0.15) is 0 Å². The van der Waals surface area contributed by atoms with E-state index in [4.69, 9.17) is 14.2 Å². The number of amides is 1. The number of carbonyl (C=O) groups excluding carboxylic acids is 1. The van der Waals surface area contributed by atoms with Crippen molar-refractivity contribution in [1.29, 1.82) is 0 Å². The smallest absolute Gasteiger partial charge is 0.260 e. The highest BCUT2D eigenvalue weighted by atomic mass is 16.5. The number of hydrogen-bond donors (Lipinski definition) is 0. The van der Waals surface area contributed by atoms with Crippen LogP contribution in [0.5, 0.6) is 23.1 Å². The van der Waals surface area contributed by atoms with Crippen molar-refractivity contribution in [3.8, 4) is 23.1 Å². The summed E-state index contributed by atoms with van der Waals surface area (Å²) in [6, 6.07) is 22.5. The van der Waals surface area contributed by atoms with Crippen LogP contribution < -0.4 is 14.2 Å². The van der Waals surface area contributed by atoms with E-state index >= 15 is 0 Å². The topological polar surface area (TPSA) is 60.9 Å². The minimum atomic E-state index is -0.0970. The van der Waals surface area contributed by atoms with E-state index in [1.54, 1.807) is 17.0 Å². The van der Waals surface area contributed by atoms with Crippen LogP contribution in [0.25, 0.3) is 0 Å². The van der Waals surface area contributed by atoms with Crippen LogP contribution in [0.3, 0.4) is 0 Å². The number of para-hydroxylation sites is 2. The van der Waals surface area contributed by atoms with Gasteiger partial charge in [-0.3, -0.25) is 4.79 Å². The Labute approximate surface area is 163 Å². The number of carbonyl (C=O) groups is 1. The molecule has 0 radical (unpaired) electrons. The molecule has 2 aromatic carbocycles. The number of hydrogen-bond acceptors (Lipinski definition) is 5. The zero-order valence-electron chi connectivity index (χ0n) is 15.3. The van der Waals surface area contributed by atoms with Gasteiger partial charge in [0.2, 0.25) is 5.88 Å². The molecule has 142 valence electrons. The van der Waals surface area contributed by atoms with Gasteiger partial charge in [-0.15, -0.1) is 0 Å². The average molecular weight is 376 g/mol. The molecule has 0 N–H and O–H groups in total. The lowest BCUT2D eigenvalue weighted by atomic mass is 10.3. The highest BCUT2D eigenvalue weighted by Gasteiger charge is 2.23. The Morgan fingerprint density at radius 1 is 0.929 bits per heavy atom. The van der Waals surface area contributed by atoms with Crippen molar-refractivity contribution < 1.29 is 19.0 Å². The first-order chi connectivity index (χ1) is 13.8. The molecule has 28 heavy (non-hydrogen) atoms. The number of pyridine rings is 1. The molecule has 4 rings (SSSR count). The van der Waals surface area contributed by atoms with E-state index < -0.39 is 0 Å². The van der Waals surface area contributed by atoms with Gasteiger partial charge < -0.3 is 19.1 Å². The molecule has 0 unspecified atom stereocenters. The van der Waals surface area contributed by atoms with Gasteiger partial charge in [0.25, 0.3) is 5.91 Å². The summed E-state index contributed by atoms with van der Waals surface area (Å²) in [5.41, 5.74) is 0.666. The number of ether oxygens (including phenoxy) is 3. The number of aromatic nitrogens is 1. The summed E-state index contributed by atoms with van der Waals surface area (Å²) < 4.78 is 17.1. The molecule has 0 aliphatic carbocycles. The van der Waals surface area contributed by atoms with E-state index in [9.17, 15) is 4.79 Å². The number of benzene rings is 2. The van der Waals surface area contributed by atoms with Gasteiger partial charge in [0, 0.05) is 6.07 Å². The van der Waals surface area contributed by atoms with Crippen LogP contribution in [0, 0.1) is 0 Å². The Morgan fingerprint density at radius 3 is 2.39 bits per heavy atom. The summed E-state index contributed by atoms with van der Waals surface area (Å²) in [6.45, 7) is 1.17. The molecule has 0 saturated heterocycles. The van der Waals surface area contributed by atoms with Gasteiger partial charge >= 0.3 is 0 Å². The van der Waals surface area contributed by atoms with E-state index in [-0.39, 0.29) is 12.5 Å². The Bertz CT molecular complexity index is 932. The standard InChI is InChI=1S/C22H20N2O4/c25-22-16-27-20-11-12-21(28-18-9-5-2-6-10-18)23-19(20)15-24(22)13-14-26-17-7-3-1-4-8-17/h1-12H,13-16H2. The van der Waals surface area contributed by atoms with Crippen molar-refractivity contribution in [3.63, 3.8) is 0 Å². The monoisotopic (exact) mass is 376 g/mol. The summed E-state index contributed by atoms with van der Waals surface area (Å²) in [6.07, 6.45) is 0. The SMILES string of the molecule is O=C1COc2ccc(Oc3ccccc3)nc2CN1CCOc1ccccc1. The van der Waals surface area contributed by atoms with Crippen molar-refractivity contribution in [2.45, 2.75) is 6.54 Å². The normalized spacial score (nSPS) is 13.3. The van der Waals surface area contributed by atoms with E-state index in [0.717, 1.165) is 5.75 Å². The zero-order chi connectivity index (χ0) is 19.2. The molecular formula is C22H20N2O4. The van der Waals surface area contributed by atoms with Gasteiger partial charge in [-0.05, 0) is 30.3 Å². The molecule has 2 heterocycles. The van der Waals surface area contributed by atoms with E-state index in [1.165, 1.54) is 0 Å². The maximum Gasteiger partial charge on any atom is 0.260 e. The van der Waals surface area contributed by atoms with Crippen LogP contribution >= 0.6 is 0 Å². The lowest BCUT2D eigenvalue weighted by molar-refractivity contribution is -0.133. The number of rotatable bonds is 6. The van der Waals surface area contributed by atoms with Gasteiger partial charge in [-0.25, -0.2) is 4.98 Å². The average Bonchev–Trinajstić information content (AvgIpc) is 2.88. The van der Waals surface area contributed by atoms with Crippen molar-refractivity contribution in [1.82, 2.24) is 9.88 Å². The molecule has 0 fully saturated rings. The number of nitrogens with zero attached hydrogens (tertiary/aromatic N) is 2. The Hall–Kier alpha value is -3.54. The fourth-order valence-electron chi connectivity index (χ4n) is 2.87. The molecule has 1 aliphatic heterocycles. The van der Waals surface area contributed by atoms with Gasteiger partial charge in [-0.1, -0.05) is 36.4 Å². The largest absolute Gasteiger partial charge is 0.492 e. The molecule has 0 bridgehead atoms. The maximum atomic E-state index is 12.4. The summed E-state index contributed by atoms with van der Waals surface area (Å²) in [4.78, 5) is 18.6. The third-order valence-electron chi connectivity index (χ3n) is 4.29. The Kier molecular flexibility index (Phi) is 5.38. The summed E-state index contributed by atoms with van der Waals surface area (Å²) in [5, 5.41) is 0. The van der Waals surface area contributed by atoms with Crippen LogP contribution in [0.1, 0.15) is 5.69 Å². The first-order valence-corrected chi connectivity index (χ1v) is 9.09. The predicted molar refractivity (Wildman–Crippen MR) is 104 cm³/mol. The molecule has 1 amide bonds. The molecule has 0 atom stereocenters.